The smallest absolute Gasteiger partial charge is 0.314 e. The first-order chi connectivity index (χ1) is 14.0. The molecule has 29 heavy (non-hydrogen) atoms. The Morgan fingerprint density at radius 3 is 2.41 bits per heavy atom. The van der Waals surface area contributed by atoms with Gasteiger partial charge < -0.3 is 15.3 Å². The Hall–Kier alpha value is -3.73. The van der Waals surface area contributed by atoms with Gasteiger partial charge in [-0.1, -0.05) is 17.3 Å². The molecule has 0 saturated heterocycles. The van der Waals surface area contributed by atoms with E-state index in [9.17, 15) is 13.9 Å². The van der Waals surface area contributed by atoms with E-state index < -0.39 is 18.4 Å². The molecule has 0 unspecified atom stereocenters. The molecular formula is C18H15F2N7O2. The van der Waals surface area contributed by atoms with Crippen molar-refractivity contribution in [3.05, 3.63) is 60.2 Å². The number of hydrogen-bond donors (Lipinski definition) is 2. The van der Waals surface area contributed by atoms with Crippen LogP contribution in [0, 0.1) is 0 Å². The second-order valence-electron chi connectivity index (χ2n) is 6.12. The predicted molar refractivity (Wildman–Crippen MR) is 97.6 cm³/mol. The van der Waals surface area contributed by atoms with E-state index in [-0.39, 0.29) is 12.5 Å². The average molecular weight is 399 g/mol. The van der Waals surface area contributed by atoms with Crippen molar-refractivity contribution < 1.29 is 18.3 Å². The van der Waals surface area contributed by atoms with Crippen LogP contribution in [0.1, 0.15) is 23.9 Å². The Morgan fingerprint density at radius 2 is 1.79 bits per heavy atom. The Bertz CT molecular complexity index is 1090. The van der Waals surface area contributed by atoms with Gasteiger partial charge in [0.2, 0.25) is 5.89 Å². The Balaban J connectivity index is 1.57. The minimum atomic E-state index is -2.83. The van der Waals surface area contributed by atoms with Crippen molar-refractivity contribution in [2.75, 3.05) is 12.3 Å². The second kappa shape index (κ2) is 7.72. The first kappa shape index (κ1) is 18.6. The van der Waals surface area contributed by atoms with Gasteiger partial charge >= 0.3 is 6.43 Å². The molecule has 0 bridgehead atoms. The number of nitrogens with zero attached hydrogens (tertiary/aromatic N) is 6. The van der Waals surface area contributed by atoms with Gasteiger partial charge in [0.25, 0.3) is 5.89 Å². The van der Waals surface area contributed by atoms with Crippen LogP contribution in [0.2, 0.25) is 0 Å². The standard InChI is InChI=1S/C18H15F2N7O2/c19-16(20)18-25-24-17(29-18)11-3-1-10(2-4-11)14(9-28)27-8-13(23-26-27)12-5-6-15(21)22-7-12/h1-8,14,16,28H,9H2,(H2,21,22)/t14-/m0/s1. The Morgan fingerprint density at radius 1 is 1.03 bits per heavy atom. The highest BCUT2D eigenvalue weighted by atomic mass is 19.3. The number of benzene rings is 1. The number of aliphatic hydroxyl groups excluding tert-OH is 1. The second-order valence-corrected chi connectivity index (χ2v) is 6.12. The lowest BCUT2D eigenvalue weighted by atomic mass is 10.1. The highest BCUT2D eigenvalue weighted by Gasteiger charge is 2.19. The van der Waals surface area contributed by atoms with Crippen LogP contribution < -0.4 is 5.73 Å². The zero-order chi connectivity index (χ0) is 20.4. The number of aromatic nitrogens is 6. The summed E-state index contributed by atoms with van der Waals surface area (Å²) in [6.45, 7) is -0.224. The summed E-state index contributed by atoms with van der Waals surface area (Å²) in [7, 11) is 0. The SMILES string of the molecule is Nc1ccc(-c2cn([C@@H](CO)c3ccc(-c4nnc(C(F)F)o4)cc3)nn2)cn1. The minimum Gasteiger partial charge on any atom is -0.415 e. The summed E-state index contributed by atoms with van der Waals surface area (Å²) in [6, 6.07) is 9.66. The Kier molecular flexibility index (Phi) is 4.96. The molecule has 3 N–H and O–H groups in total. The van der Waals surface area contributed by atoms with E-state index >= 15 is 0 Å². The summed E-state index contributed by atoms with van der Waals surface area (Å²) in [5, 5.41) is 25.0. The molecule has 0 radical (unpaired) electrons. The van der Waals surface area contributed by atoms with Gasteiger partial charge in [-0.2, -0.15) is 8.78 Å². The fraction of sp³-hybridized carbons (Fsp3) is 0.167. The first-order valence-electron chi connectivity index (χ1n) is 8.51. The molecule has 0 spiro atoms. The summed E-state index contributed by atoms with van der Waals surface area (Å²) < 4.78 is 31.7. The lowest BCUT2D eigenvalue weighted by Gasteiger charge is -2.14. The number of hydrogen-bond acceptors (Lipinski definition) is 8. The molecule has 0 saturated carbocycles. The van der Waals surface area contributed by atoms with Crippen molar-refractivity contribution >= 4 is 5.82 Å². The van der Waals surface area contributed by atoms with Crippen LogP contribution in [-0.4, -0.2) is 41.9 Å². The van der Waals surface area contributed by atoms with E-state index in [1.54, 1.807) is 48.8 Å². The van der Waals surface area contributed by atoms with Crippen LogP contribution in [0.25, 0.3) is 22.7 Å². The van der Waals surface area contributed by atoms with E-state index in [1.165, 1.54) is 4.68 Å². The van der Waals surface area contributed by atoms with Gasteiger partial charge in [-0.3, -0.25) is 0 Å². The van der Waals surface area contributed by atoms with E-state index in [4.69, 9.17) is 10.2 Å². The van der Waals surface area contributed by atoms with Gasteiger partial charge in [0.05, 0.1) is 12.8 Å². The molecular weight excluding hydrogens is 384 g/mol. The number of rotatable bonds is 6. The molecule has 1 atom stereocenters. The summed E-state index contributed by atoms with van der Waals surface area (Å²) in [5.74, 6) is -0.340. The quantitative estimate of drug-likeness (QED) is 0.506. The van der Waals surface area contributed by atoms with Crippen molar-refractivity contribution in [1.82, 2.24) is 30.2 Å². The fourth-order valence-corrected chi connectivity index (χ4v) is 2.75. The van der Waals surface area contributed by atoms with Crippen LogP contribution in [0.4, 0.5) is 14.6 Å². The van der Waals surface area contributed by atoms with Gasteiger partial charge in [0, 0.05) is 17.3 Å². The van der Waals surface area contributed by atoms with E-state index in [2.05, 4.69) is 25.5 Å². The molecule has 0 amide bonds. The maximum Gasteiger partial charge on any atom is 0.314 e. The van der Waals surface area contributed by atoms with Gasteiger partial charge in [0.1, 0.15) is 17.6 Å². The van der Waals surface area contributed by atoms with Crippen molar-refractivity contribution in [2.24, 2.45) is 0 Å². The van der Waals surface area contributed by atoms with Crippen LogP contribution >= 0.6 is 0 Å². The molecule has 4 rings (SSSR count). The number of nitrogen functional groups attached to an aromatic ring is 1. The summed E-state index contributed by atoms with van der Waals surface area (Å²) >= 11 is 0. The number of aliphatic hydroxyl groups is 1. The molecule has 9 nitrogen and oxygen atoms in total. The molecule has 11 heteroatoms. The predicted octanol–water partition coefficient (Wildman–Crippen LogP) is 2.49. The molecule has 0 fully saturated rings. The third-order valence-corrected chi connectivity index (χ3v) is 4.25. The molecule has 0 aliphatic rings. The van der Waals surface area contributed by atoms with Crippen molar-refractivity contribution in [1.29, 1.82) is 0 Å². The van der Waals surface area contributed by atoms with E-state index in [1.807, 2.05) is 0 Å². The van der Waals surface area contributed by atoms with Crippen molar-refractivity contribution in [3.8, 4) is 22.7 Å². The van der Waals surface area contributed by atoms with Crippen LogP contribution in [-0.2, 0) is 0 Å². The number of halogens is 2. The maximum atomic E-state index is 12.6. The minimum absolute atomic E-state index is 0.00806. The van der Waals surface area contributed by atoms with Crippen molar-refractivity contribution in [2.45, 2.75) is 12.5 Å². The van der Waals surface area contributed by atoms with Crippen LogP contribution in [0.15, 0.2) is 53.2 Å². The topological polar surface area (TPSA) is 129 Å². The normalized spacial score (nSPS) is 12.4. The lowest BCUT2D eigenvalue weighted by molar-refractivity contribution is 0.116. The van der Waals surface area contributed by atoms with Gasteiger partial charge in [0.15, 0.2) is 0 Å². The molecule has 148 valence electrons. The summed E-state index contributed by atoms with van der Waals surface area (Å²) in [5.41, 5.74) is 8.13. The summed E-state index contributed by atoms with van der Waals surface area (Å²) in [6.07, 6.45) is 0.450. The fourth-order valence-electron chi connectivity index (χ4n) is 2.75. The maximum absolute atomic E-state index is 12.6. The third-order valence-electron chi connectivity index (χ3n) is 4.25. The van der Waals surface area contributed by atoms with Gasteiger partial charge in [-0.05, 0) is 29.8 Å². The molecule has 4 aromatic rings. The largest absolute Gasteiger partial charge is 0.415 e. The zero-order valence-corrected chi connectivity index (χ0v) is 14.9. The van der Waals surface area contributed by atoms with E-state index in [0.29, 0.717) is 17.1 Å². The van der Waals surface area contributed by atoms with E-state index in [0.717, 1.165) is 11.1 Å². The van der Waals surface area contributed by atoms with Gasteiger partial charge in [-0.25, -0.2) is 9.67 Å². The molecule has 3 aromatic heterocycles. The molecule has 1 aromatic carbocycles. The highest BCUT2D eigenvalue weighted by Crippen LogP contribution is 2.26. The summed E-state index contributed by atoms with van der Waals surface area (Å²) in [4.78, 5) is 4.02. The van der Waals surface area contributed by atoms with Crippen LogP contribution in [0.5, 0.6) is 0 Å². The highest BCUT2D eigenvalue weighted by molar-refractivity contribution is 5.58. The average Bonchev–Trinajstić information content (AvgIpc) is 3.40. The number of anilines is 1. The number of pyridine rings is 1. The molecule has 0 aliphatic heterocycles. The first-order valence-corrected chi connectivity index (χ1v) is 8.51. The number of alkyl halides is 2. The monoisotopic (exact) mass is 399 g/mol. The zero-order valence-electron chi connectivity index (χ0n) is 14.9. The Labute approximate surface area is 162 Å². The third kappa shape index (κ3) is 3.80. The van der Waals surface area contributed by atoms with Crippen LogP contribution in [0.3, 0.4) is 0 Å². The lowest BCUT2D eigenvalue weighted by Crippen LogP contribution is -2.15. The van der Waals surface area contributed by atoms with Gasteiger partial charge in [-0.15, -0.1) is 15.3 Å². The number of nitrogens with two attached hydrogens (primary N) is 1. The molecule has 0 aliphatic carbocycles. The molecule has 3 heterocycles. The van der Waals surface area contributed by atoms with Crippen molar-refractivity contribution in [3.63, 3.8) is 0 Å².